The number of aryl methyl sites for hydroxylation is 1. The van der Waals surface area contributed by atoms with E-state index >= 15 is 0 Å². The van der Waals surface area contributed by atoms with E-state index in [2.05, 4.69) is 15.6 Å². The second kappa shape index (κ2) is 9.48. The molecule has 2 amide bonds. The molecular formula is C21H22N4O3. The van der Waals surface area contributed by atoms with Crippen molar-refractivity contribution in [1.82, 2.24) is 9.55 Å². The lowest BCUT2D eigenvalue weighted by molar-refractivity contribution is -0.116. The molecule has 0 aliphatic rings. The number of amides is 2. The van der Waals surface area contributed by atoms with Crippen LogP contribution in [-0.2, 0) is 22.7 Å². The quantitative estimate of drug-likeness (QED) is 0.630. The van der Waals surface area contributed by atoms with Crippen LogP contribution in [0.2, 0.25) is 0 Å². The lowest BCUT2D eigenvalue weighted by Gasteiger charge is -2.11. The number of rotatable bonds is 8. The fraction of sp³-hybridized carbons (Fsp3) is 0.190. The minimum absolute atomic E-state index is 0.128. The van der Waals surface area contributed by atoms with Crippen molar-refractivity contribution in [1.29, 1.82) is 0 Å². The Morgan fingerprint density at radius 1 is 1.11 bits per heavy atom. The monoisotopic (exact) mass is 378 g/mol. The summed E-state index contributed by atoms with van der Waals surface area (Å²) in [5, 5.41) is 5.72. The molecule has 7 nitrogen and oxygen atoms in total. The van der Waals surface area contributed by atoms with Crippen LogP contribution in [0.4, 0.5) is 11.4 Å². The molecule has 0 aliphatic heterocycles. The van der Waals surface area contributed by atoms with E-state index in [0.29, 0.717) is 36.5 Å². The third kappa shape index (κ3) is 5.28. The standard InChI is InChI=1S/C21H22N4O3/c1-28-14-17-5-2-3-8-19(17)24-21(27)16-6-4-7-18(13-16)23-20(26)9-11-25-12-10-22-15-25/h2-8,10,12-13,15H,9,11,14H2,1H3,(H,23,26)(H,24,27). The van der Waals surface area contributed by atoms with Crippen molar-refractivity contribution >= 4 is 23.2 Å². The summed E-state index contributed by atoms with van der Waals surface area (Å²) >= 11 is 0. The first-order chi connectivity index (χ1) is 13.7. The Balaban J connectivity index is 1.62. The van der Waals surface area contributed by atoms with Crippen LogP contribution in [0.1, 0.15) is 22.3 Å². The van der Waals surface area contributed by atoms with Gasteiger partial charge in [-0.2, -0.15) is 0 Å². The molecule has 3 aromatic rings. The second-order valence-corrected chi connectivity index (χ2v) is 6.22. The summed E-state index contributed by atoms with van der Waals surface area (Å²) in [5.41, 5.74) is 2.62. The number of hydrogen-bond donors (Lipinski definition) is 2. The molecule has 0 radical (unpaired) electrons. The molecule has 0 aliphatic carbocycles. The normalized spacial score (nSPS) is 10.5. The molecule has 7 heteroatoms. The maximum atomic E-state index is 12.6. The molecule has 0 atom stereocenters. The lowest BCUT2D eigenvalue weighted by Crippen LogP contribution is -2.16. The van der Waals surface area contributed by atoms with E-state index < -0.39 is 0 Å². The summed E-state index contributed by atoms with van der Waals surface area (Å²) in [4.78, 5) is 28.7. The van der Waals surface area contributed by atoms with E-state index in [-0.39, 0.29) is 11.8 Å². The zero-order valence-electron chi connectivity index (χ0n) is 15.6. The number of nitrogens with one attached hydrogen (secondary N) is 2. The topological polar surface area (TPSA) is 85.3 Å². The molecular weight excluding hydrogens is 356 g/mol. The van der Waals surface area contributed by atoms with E-state index in [0.717, 1.165) is 5.56 Å². The highest BCUT2D eigenvalue weighted by Gasteiger charge is 2.10. The molecule has 0 unspecified atom stereocenters. The third-order valence-corrected chi connectivity index (χ3v) is 4.13. The smallest absolute Gasteiger partial charge is 0.255 e. The van der Waals surface area contributed by atoms with Gasteiger partial charge in [0, 0.05) is 55.0 Å². The van der Waals surface area contributed by atoms with Crippen LogP contribution < -0.4 is 10.6 Å². The van der Waals surface area contributed by atoms with Gasteiger partial charge in [0.25, 0.3) is 5.91 Å². The Labute approximate surface area is 163 Å². The van der Waals surface area contributed by atoms with Crippen molar-refractivity contribution in [2.75, 3.05) is 17.7 Å². The molecule has 28 heavy (non-hydrogen) atoms. The highest BCUT2D eigenvalue weighted by atomic mass is 16.5. The first-order valence-electron chi connectivity index (χ1n) is 8.89. The number of aromatic nitrogens is 2. The van der Waals surface area contributed by atoms with Crippen LogP contribution in [0.25, 0.3) is 0 Å². The van der Waals surface area contributed by atoms with Crippen molar-refractivity contribution in [2.24, 2.45) is 0 Å². The van der Waals surface area contributed by atoms with Gasteiger partial charge < -0.3 is 19.9 Å². The van der Waals surface area contributed by atoms with Gasteiger partial charge in [0.2, 0.25) is 5.91 Å². The first kappa shape index (κ1) is 19.3. The zero-order chi connectivity index (χ0) is 19.8. The number of anilines is 2. The van der Waals surface area contributed by atoms with Crippen LogP contribution in [0.15, 0.2) is 67.3 Å². The molecule has 1 heterocycles. The maximum absolute atomic E-state index is 12.6. The summed E-state index contributed by atoms with van der Waals surface area (Å²) in [6, 6.07) is 14.3. The largest absolute Gasteiger partial charge is 0.380 e. The third-order valence-electron chi connectivity index (χ3n) is 4.13. The molecule has 0 fully saturated rings. The number of imidazole rings is 1. The van der Waals surface area contributed by atoms with E-state index in [4.69, 9.17) is 4.74 Å². The number of carbonyl (C=O) groups excluding carboxylic acids is 2. The molecule has 144 valence electrons. The molecule has 0 saturated carbocycles. The van der Waals surface area contributed by atoms with Gasteiger partial charge in [-0.25, -0.2) is 4.98 Å². The number of carbonyl (C=O) groups is 2. The van der Waals surface area contributed by atoms with Gasteiger partial charge in [-0.15, -0.1) is 0 Å². The van der Waals surface area contributed by atoms with E-state index in [1.54, 1.807) is 50.1 Å². The molecule has 3 rings (SSSR count). The fourth-order valence-electron chi connectivity index (χ4n) is 2.73. The van der Waals surface area contributed by atoms with Gasteiger partial charge >= 0.3 is 0 Å². The van der Waals surface area contributed by atoms with Crippen molar-refractivity contribution in [2.45, 2.75) is 19.6 Å². The van der Waals surface area contributed by atoms with Crippen LogP contribution in [0.3, 0.4) is 0 Å². The molecule has 0 saturated heterocycles. The Hall–Kier alpha value is -3.45. The predicted octanol–water partition coefficient (Wildman–Crippen LogP) is 3.31. The second-order valence-electron chi connectivity index (χ2n) is 6.22. The highest BCUT2D eigenvalue weighted by molar-refractivity contribution is 6.05. The summed E-state index contributed by atoms with van der Waals surface area (Å²) in [6.45, 7) is 0.950. The number of nitrogens with zero attached hydrogens (tertiary/aromatic N) is 2. The summed E-state index contributed by atoms with van der Waals surface area (Å²) in [5.74, 6) is -0.380. The SMILES string of the molecule is COCc1ccccc1NC(=O)c1cccc(NC(=O)CCn2ccnc2)c1. The number of ether oxygens (including phenoxy) is 1. The Morgan fingerprint density at radius 2 is 1.96 bits per heavy atom. The van der Waals surface area contributed by atoms with Gasteiger partial charge in [0.1, 0.15) is 0 Å². The van der Waals surface area contributed by atoms with Gasteiger partial charge in [0.15, 0.2) is 0 Å². The van der Waals surface area contributed by atoms with Crippen molar-refractivity contribution in [3.05, 3.63) is 78.4 Å². The summed E-state index contributed by atoms with van der Waals surface area (Å²) in [7, 11) is 1.61. The summed E-state index contributed by atoms with van der Waals surface area (Å²) < 4.78 is 7.00. The number of para-hydroxylation sites is 1. The van der Waals surface area contributed by atoms with Gasteiger partial charge in [-0.05, 0) is 24.3 Å². The van der Waals surface area contributed by atoms with Crippen LogP contribution >= 0.6 is 0 Å². The average Bonchev–Trinajstić information content (AvgIpc) is 3.22. The van der Waals surface area contributed by atoms with Crippen LogP contribution in [0, 0.1) is 0 Å². The predicted molar refractivity (Wildman–Crippen MR) is 107 cm³/mol. The van der Waals surface area contributed by atoms with Gasteiger partial charge in [-0.3, -0.25) is 9.59 Å². The van der Waals surface area contributed by atoms with Crippen molar-refractivity contribution in [3.63, 3.8) is 0 Å². The molecule has 0 spiro atoms. The van der Waals surface area contributed by atoms with Crippen molar-refractivity contribution in [3.8, 4) is 0 Å². The van der Waals surface area contributed by atoms with E-state index in [1.807, 2.05) is 28.8 Å². The fourth-order valence-corrected chi connectivity index (χ4v) is 2.73. The van der Waals surface area contributed by atoms with Gasteiger partial charge in [-0.1, -0.05) is 24.3 Å². The zero-order valence-corrected chi connectivity index (χ0v) is 15.6. The van der Waals surface area contributed by atoms with Crippen molar-refractivity contribution < 1.29 is 14.3 Å². The Morgan fingerprint density at radius 3 is 2.75 bits per heavy atom. The number of benzene rings is 2. The molecule has 2 N–H and O–H groups in total. The molecule has 0 bridgehead atoms. The molecule has 2 aromatic carbocycles. The van der Waals surface area contributed by atoms with Crippen LogP contribution in [0.5, 0.6) is 0 Å². The number of methoxy groups -OCH3 is 1. The Kier molecular flexibility index (Phi) is 6.54. The first-order valence-corrected chi connectivity index (χ1v) is 8.89. The molecule has 1 aromatic heterocycles. The average molecular weight is 378 g/mol. The minimum Gasteiger partial charge on any atom is -0.380 e. The maximum Gasteiger partial charge on any atom is 0.255 e. The lowest BCUT2D eigenvalue weighted by atomic mass is 10.1. The van der Waals surface area contributed by atoms with E-state index in [9.17, 15) is 9.59 Å². The Bertz CT molecular complexity index is 938. The van der Waals surface area contributed by atoms with E-state index in [1.165, 1.54) is 0 Å². The van der Waals surface area contributed by atoms with Gasteiger partial charge in [0.05, 0.1) is 12.9 Å². The minimum atomic E-state index is -0.252. The summed E-state index contributed by atoms with van der Waals surface area (Å²) in [6.07, 6.45) is 5.46. The number of hydrogen-bond acceptors (Lipinski definition) is 4. The highest BCUT2D eigenvalue weighted by Crippen LogP contribution is 2.18. The van der Waals surface area contributed by atoms with Crippen LogP contribution in [-0.4, -0.2) is 28.5 Å².